The van der Waals surface area contributed by atoms with Gasteiger partial charge in [0.25, 0.3) is 5.91 Å². The predicted octanol–water partition coefficient (Wildman–Crippen LogP) is -0.0664. The van der Waals surface area contributed by atoms with Gasteiger partial charge in [0.05, 0.1) is 11.8 Å². The van der Waals surface area contributed by atoms with Crippen molar-refractivity contribution in [2.45, 2.75) is 18.9 Å². The first-order chi connectivity index (χ1) is 10.3. The van der Waals surface area contributed by atoms with Gasteiger partial charge in [0.2, 0.25) is 10.0 Å². The van der Waals surface area contributed by atoms with Gasteiger partial charge >= 0.3 is 5.97 Å². The summed E-state index contributed by atoms with van der Waals surface area (Å²) in [5.41, 5.74) is -0.0297. The number of nitrogens with zero attached hydrogens (tertiary/aromatic N) is 2. The second-order valence-corrected chi connectivity index (χ2v) is 7.15. The molecule has 1 amide bonds. The molecule has 0 aromatic carbocycles. The Bertz CT molecular complexity index is 689. The van der Waals surface area contributed by atoms with Crippen LogP contribution in [0.25, 0.3) is 0 Å². The second kappa shape index (κ2) is 6.41. The summed E-state index contributed by atoms with van der Waals surface area (Å²) in [5.74, 6) is -1.65. The molecule has 1 unspecified atom stereocenters. The highest BCUT2D eigenvalue weighted by Gasteiger charge is 2.27. The van der Waals surface area contributed by atoms with Gasteiger partial charge in [0.1, 0.15) is 5.69 Å². The summed E-state index contributed by atoms with van der Waals surface area (Å²) in [6, 6.07) is 2.17. The average molecular weight is 327 g/mol. The van der Waals surface area contributed by atoms with Gasteiger partial charge in [-0.3, -0.25) is 9.78 Å². The van der Waals surface area contributed by atoms with Crippen LogP contribution in [-0.4, -0.2) is 60.1 Å². The lowest BCUT2D eigenvalue weighted by atomic mass is 10.1. The monoisotopic (exact) mass is 327 g/mol. The van der Waals surface area contributed by atoms with Crippen LogP contribution in [0.2, 0.25) is 0 Å². The van der Waals surface area contributed by atoms with Crippen LogP contribution in [0.1, 0.15) is 33.7 Å². The van der Waals surface area contributed by atoms with Crippen LogP contribution in [-0.2, 0) is 10.0 Å². The quantitative estimate of drug-likeness (QED) is 0.800. The number of carbonyl (C=O) groups excluding carboxylic acids is 1. The highest BCUT2D eigenvalue weighted by Crippen LogP contribution is 2.13. The first-order valence-corrected chi connectivity index (χ1v) is 8.57. The van der Waals surface area contributed by atoms with Gasteiger partial charge in [0.15, 0.2) is 0 Å². The maximum atomic E-state index is 12.1. The number of carboxylic acids is 1. The van der Waals surface area contributed by atoms with E-state index >= 15 is 0 Å². The molecule has 8 nitrogen and oxygen atoms in total. The molecule has 120 valence electrons. The number of pyridine rings is 1. The number of hydrogen-bond acceptors (Lipinski definition) is 5. The van der Waals surface area contributed by atoms with Crippen molar-refractivity contribution in [3.63, 3.8) is 0 Å². The molecule has 2 heterocycles. The van der Waals surface area contributed by atoms with Gasteiger partial charge in [-0.05, 0) is 25.0 Å². The lowest BCUT2D eigenvalue weighted by Crippen LogP contribution is -2.49. The summed E-state index contributed by atoms with van der Waals surface area (Å²) in [5, 5.41) is 11.6. The lowest BCUT2D eigenvalue weighted by Gasteiger charge is -2.31. The molecule has 1 fully saturated rings. The van der Waals surface area contributed by atoms with Gasteiger partial charge in [-0.2, -0.15) is 0 Å². The minimum absolute atomic E-state index is 0.00335. The van der Waals surface area contributed by atoms with Crippen LogP contribution in [0.5, 0.6) is 0 Å². The van der Waals surface area contributed by atoms with Crippen molar-refractivity contribution in [2.24, 2.45) is 0 Å². The summed E-state index contributed by atoms with van der Waals surface area (Å²) in [6.07, 6.45) is 3.70. The number of aromatic nitrogens is 1. The Labute approximate surface area is 128 Å². The third kappa shape index (κ3) is 4.01. The third-order valence-electron chi connectivity index (χ3n) is 3.43. The third-order valence-corrected chi connectivity index (χ3v) is 4.70. The van der Waals surface area contributed by atoms with E-state index in [1.54, 1.807) is 0 Å². The van der Waals surface area contributed by atoms with Crippen LogP contribution in [0.4, 0.5) is 0 Å². The normalized spacial score (nSPS) is 19.6. The fourth-order valence-corrected chi connectivity index (χ4v) is 3.22. The Morgan fingerprint density at radius 1 is 1.45 bits per heavy atom. The molecule has 1 aliphatic rings. The van der Waals surface area contributed by atoms with Crippen molar-refractivity contribution < 1.29 is 23.1 Å². The summed E-state index contributed by atoms with van der Waals surface area (Å²) < 4.78 is 24.4. The Morgan fingerprint density at radius 3 is 2.82 bits per heavy atom. The fraction of sp³-hybridized carbons (Fsp3) is 0.462. The van der Waals surface area contributed by atoms with Crippen LogP contribution in [0.3, 0.4) is 0 Å². The number of piperidine rings is 1. The number of sulfonamides is 1. The Kier molecular flexibility index (Phi) is 4.77. The van der Waals surface area contributed by atoms with E-state index in [1.165, 1.54) is 22.6 Å². The number of aromatic carboxylic acids is 1. The van der Waals surface area contributed by atoms with E-state index in [2.05, 4.69) is 10.3 Å². The smallest absolute Gasteiger partial charge is 0.335 e. The predicted molar refractivity (Wildman–Crippen MR) is 78.1 cm³/mol. The van der Waals surface area contributed by atoms with Gasteiger partial charge in [-0.15, -0.1) is 0 Å². The topological polar surface area (TPSA) is 117 Å². The van der Waals surface area contributed by atoms with Gasteiger partial charge in [0, 0.05) is 25.3 Å². The largest absolute Gasteiger partial charge is 0.478 e. The summed E-state index contributed by atoms with van der Waals surface area (Å²) >= 11 is 0. The first-order valence-electron chi connectivity index (χ1n) is 6.72. The minimum Gasteiger partial charge on any atom is -0.478 e. The number of amides is 1. The summed E-state index contributed by atoms with van der Waals surface area (Å²) in [4.78, 5) is 26.8. The molecule has 0 bridgehead atoms. The molecule has 0 aliphatic carbocycles. The second-order valence-electron chi connectivity index (χ2n) is 5.17. The molecule has 1 saturated heterocycles. The van der Waals surface area contributed by atoms with Crippen LogP contribution < -0.4 is 5.32 Å². The van der Waals surface area contributed by atoms with Crippen molar-refractivity contribution in [3.8, 4) is 0 Å². The Hall–Kier alpha value is -2.00. The van der Waals surface area contributed by atoms with Crippen molar-refractivity contribution in [1.82, 2.24) is 14.6 Å². The van der Waals surface area contributed by atoms with Crippen molar-refractivity contribution in [3.05, 3.63) is 29.6 Å². The van der Waals surface area contributed by atoms with E-state index in [1.807, 2.05) is 0 Å². The molecular weight excluding hydrogens is 310 g/mol. The van der Waals surface area contributed by atoms with Crippen molar-refractivity contribution in [1.29, 1.82) is 0 Å². The van der Waals surface area contributed by atoms with Crippen LogP contribution >= 0.6 is 0 Å². The molecule has 1 aliphatic heterocycles. The van der Waals surface area contributed by atoms with Crippen LogP contribution in [0.15, 0.2) is 18.3 Å². The molecule has 0 radical (unpaired) electrons. The molecule has 0 saturated carbocycles. The average Bonchev–Trinajstić information content (AvgIpc) is 2.46. The summed E-state index contributed by atoms with van der Waals surface area (Å²) in [6.45, 7) is 0.654. The highest BCUT2D eigenvalue weighted by molar-refractivity contribution is 7.88. The molecule has 1 aromatic heterocycles. The van der Waals surface area contributed by atoms with E-state index in [0.717, 1.165) is 6.26 Å². The minimum atomic E-state index is -3.29. The molecule has 1 aromatic rings. The zero-order chi connectivity index (χ0) is 16.3. The SMILES string of the molecule is CS(=O)(=O)N1CCCC(NC(=O)c2cc(C(=O)O)ccn2)C1. The van der Waals surface area contributed by atoms with Crippen LogP contribution in [0, 0.1) is 0 Å². The molecular formula is C13H17N3O5S. The zero-order valence-corrected chi connectivity index (χ0v) is 12.8. The Morgan fingerprint density at radius 2 is 2.18 bits per heavy atom. The number of rotatable bonds is 4. The molecule has 1 atom stereocenters. The molecule has 2 N–H and O–H groups in total. The van der Waals surface area contributed by atoms with E-state index in [4.69, 9.17) is 5.11 Å². The molecule has 9 heteroatoms. The number of nitrogens with one attached hydrogen (secondary N) is 1. The van der Waals surface area contributed by atoms with E-state index in [0.29, 0.717) is 19.4 Å². The van der Waals surface area contributed by atoms with E-state index in [-0.39, 0.29) is 23.8 Å². The lowest BCUT2D eigenvalue weighted by molar-refractivity contribution is 0.0696. The van der Waals surface area contributed by atoms with Gasteiger partial charge in [-0.25, -0.2) is 17.5 Å². The first kappa shape index (κ1) is 16.4. The maximum Gasteiger partial charge on any atom is 0.335 e. The molecule has 0 spiro atoms. The standard InChI is InChI=1S/C13H17N3O5S/c1-22(20,21)16-6-2-3-10(8-16)15-12(17)11-7-9(13(18)19)4-5-14-11/h4-5,7,10H,2-3,6,8H2,1H3,(H,15,17)(H,18,19). The number of carboxylic acid groups (broad SMARTS) is 1. The molecule has 2 rings (SSSR count). The van der Waals surface area contributed by atoms with Gasteiger partial charge in [-0.1, -0.05) is 0 Å². The maximum absolute atomic E-state index is 12.1. The summed E-state index contributed by atoms with van der Waals surface area (Å²) in [7, 11) is -3.29. The number of hydrogen-bond donors (Lipinski definition) is 2. The molecule has 22 heavy (non-hydrogen) atoms. The number of carbonyl (C=O) groups is 2. The van der Waals surface area contributed by atoms with Crippen molar-refractivity contribution >= 4 is 21.9 Å². The zero-order valence-electron chi connectivity index (χ0n) is 12.0. The Balaban J connectivity index is 2.05. The van der Waals surface area contributed by atoms with Crippen molar-refractivity contribution in [2.75, 3.05) is 19.3 Å². The van der Waals surface area contributed by atoms with E-state index in [9.17, 15) is 18.0 Å². The van der Waals surface area contributed by atoms with E-state index < -0.39 is 21.9 Å². The van der Waals surface area contributed by atoms with Gasteiger partial charge < -0.3 is 10.4 Å². The fourth-order valence-electron chi connectivity index (χ4n) is 2.31. The highest BCUT2D eigenvalue weighted by atomic mass is 32.2.